The van der Waals surface area contributed by atoms with Crippen LogP contribution in [0.5, 0.6) is 5.75 Å². The molecule has 1 aromatic rings. The molecular formula is C10H5N3NaO+. The number of anilines is 1. The molecule has 0 fully saturated rings. The maximum Gasteiger partial charge on any atom is 1.00 e. The third-order valence-electron chi connectivity index (χ3n) is 1.80. The fraction of sp³-hybridized carbons (Fsp3) is 0. The van der Waals surface area contributed by atoms with Gasteiger partial charge in [-0.25, -0.2) is 0 Å². The molecule has 0 atom stereocenters. The number of para-hydroxylation sites is 2. The van der Waals surface area contributed by atoms with Crippen LogP contribution in [0.25, 0.3) is 0 Å². The van der Waals surface area contributed by atoms with Gasteiger partial charge < -0.3 is 10.1 Å². The Labute approximate surface area is 109 Å². The second-order valence-corrected chi connectivity index (χ2v) is 2.65. The summed E-state index contributed by atoms with van der Waals surface area (Å²) >= 11 is 0. The van der Waals surface area contributed by atoms with Crippen LogP contribution < -0.4 is 39.6 Å². The molecule has 1 aromatic carbocycles. The van der Waals surface area contributed by atoms with Gasteiger partial charge in [0, 0.05) is 0 Å². The summed E-state index contributed by atoms with van der Waals surface area (Å²) in [5, 5.41) is 20.1. The summed E-state index contributed by atoms with van der Waals surface area (Å²) in [5.74, 6) is 0.835. The molecule has 15 heavy (non-hydrogen) atoms. The Morgan fingerprint density at radius 2 is 1.87 bits per heavy atom. The van der Waals surface area contributed by atoms with Gasteiger partial charge in [-0.2, -0.15) is 10.5 Å². The largest absolute Gasteiger partial charge is 1.00 e. The first-order valence-corrected chi connectivity index (χ1v) is 3.93. The van der Waals surface area contributed by atoms with Gasteiger partial charge in [0.05, 0.1) is 5.69 Å². The second-order valence-electron chi connectivity index (χ2n) is 2.65. The predicted octanol–water partition coefficient (Wildman–Crippen LogP) is -1.25. The van der Waals surface area contributed by atoms with Crippen molar-refractivity contribution in [3.05, 3.63) is 35.7 Å². The summed E-state index contributed by atoms with van der Waals surface area (Å²) in [6.07, 6.45) is 0. The topological polar surface area (TPSA) is 68.8 Å². The van der Waals surface area contributed by atoms with Crippen molar-refractivity contribution in [3.8, 4) is 17.9 Å². The van der Waals surface area contributed by atoms with Crippen molar-refractivity contribution < 1.29 is 34.3 Å². The van der Waals surface area contributed by atoms with Crippen molar-refractivity contribution in [3.63, 3.8) is 0 Å². The average molecular weight is 206 g/mol. The standard InChI is InChI=1S/C10H5N3O.Na/c11-5-7(6-12)10-13-8-3-1-2-4-9(8)14-10;/h1-4,13H;/q;+1. The molecule has 5 heteroatoms. The maximum absolute atomic E-state index is 8.62. The third-order valence-corrected chi connectivity index (χ3v) is 1.80. The van der Waals surface area contributed by atoms with E-state index in [9.17, 15) is 0 Å². The number of nitrogens with zero attached hydrogens (tertiary/aromatic N) is 2. The zero-order valence-electron chi connectivity index (χ0n) is 8.11. The van der Waals surface area contributed by atoms with E-state index < -0.39 is 0 Å². The van der Waals surface area contributed by atoms with Gasteiger partial charge in [0.15, 0.2) is 11.3 Å². The fourth-order valence-corrected chi connectivity index (χ4v) is 1.16. The van der Waals surface area contributed by atoms with E-state index in [4.69, 9.17) is 15.3 Å². The normalized spacial score (nSPS) is 10.9. The monoisotopic (exact) mass is 206 g/mol. The number of ether oxygens (including phenoxy) is 1. The van der Waals surface area contributed by atoms with Gasteiger partial charge >= 0.3 is 29.6 Å². The third kappa shape index (κ3) is 2.14. The van der Waals surface area contributed by atoms with Gasteiger partial charge in [0.2, 0.25) is 5.88 Å². The minimum atomic E-state index is -0.0544. The molecule has 0 bridgehead atoms. The van der Waals surface area contributed by atoms with Gasteiger partial charge in [0.25, 0.3) is 0 Å². The van der Waals surface area contributed by atoms with E-state index in [0.29, 0.717) is 5.75 Å². The fourth-order valence-electron chi connectivity index (χ4n) is 1.16. The molecule has 1 heterocycles. The smallest absolute Gasteiger partial charge is 0.437 e. The molecule has 1 N–H and O–H groups in total. The molecule has 0 aromatic heterocycles. The quantitative estimate of drug-likeness (QED) is 0.425. The molecule has 0 aliphatic carbocycles. The first-order chi connectivity index (χ1) is 6.85. The Morgan fingerprint density at radius 1 is 1.20 bits per heavy atom. The van der Waals surface area contributed by atoms with Crippen molar-refractivity contribution in [2.24, 2.45) is 0 Å². The van der Waals surface area contributed by atoms with Crippen LogP contribution in [-0.4, -0.2) is 0 Å². The molecule has 1 aliphatic rings. The average Bonchev–Trinajstić information content (AvgIpc) is 2.63. The van der Waals surface area contributed by atoms with Crippen molar-refractivity contribution >= 4 is 5.69 Å². The van der Waals surface area contributed by atoms with Crippen LogP contribution >= 0.6 is 0 Å². The van der Waals surface area contributed by atoms with Crippen LogP contribution in [0, 0.1) is 22.7 Å². The van der Waals surface area contributed by atoms with Crippen molar-refractivity contribution in [2.45, 2.75) is 0 Å². The number of nitriles is 2. The van der Waals surface area contributed by atoms with Gasteiger partial charge in [-0.1, -0.05) is 12.1 Å². The molecule has 0 spiro atoms. The first-order valence-electron chi connectivity index (χ1n) is 3.93. The minimum Gasteiger partial charge on any atom is -0.437 e. The molecule has 0 amide bonds. The molecule has 2 rings (SSSR count). The SMILES string of the molecule is N#CC(C#N)=C1Nc2ccccc2O1.[Na+]. The zero-order valence-corrected chi connectivity index (χ0v) is 10.1. The van der Waals surface area contributed by atoms with Crippen LogP contribution in [-0.2, 0) is 0 Å². The molecular weight excluding hydrogens is 201 g/mol. The Hall–Kier alpha value is -1.46. The van der Waals surface area contributed by atoms with Crippen LogP contribution in [0.2, 0.25) is 0 Å². The molecule has 1 aliphatic heterocycles. The van der Waals surface area contributed by atoms with Gasteiger partial charge in [-0.3, -0.25) is 0 Å². The van der Waals surface area contributed by atoms with Crippen molar-refractivity contribution in [1.82, 2.24) is 0 Å². The zero-order chi connectivity index (χ0) is 9.97. The molecule has 4 nitrogen and oxygen atoms in total. The van der Waals surface area contributed by atoms with Crippen molar-refractivity contribution in [2.75, 3.05) is 5.32 Å². The van der Waals surface area contributed by atoms with E-state index in [0.717, 1.165) is 5.69 Å². The molecule has 66 valence electrons. The van der Waals surface area contributed by atoms with E-state index in [1.165, 1.54) is 0 Å². The summed E-state index contributed by atoms with van der Waals surface area (Å²) in [4.78, 5) is 0. The van der Waals surface area contributed by atoms with E-state index in [1.54, 1.807) is 18.2 Å². The van der Waals surface area contributed by atoms with Gasteiger partial charge in [-0.15, -0.1) is 0 Å². The predicted molar refractivity (Wildman–Crippen MR) is 48.9 cm³/mol. The Balaban J connectivity index is 0.00000112. The van der Waals surface area contributed by atoms with Gasteiger partial charge in [0.1, 0.15) is 12.1 Å². The summed E-state index contributed by atoms with van der Waals surface area (Å²) in [6.45, 7) is 0. The second kappa shape index (κ2) is 4.86. The number of fused-ring (bicyclic) bond motifs is 1. The van der Waals surface area contributed by atoms with E-state index in [-0.39, 0.29) is 41.0 Å². The summed E-state index contributed by atoms with van der Waals surface area (Å²) in [6, 6.07) is 10.8. The summed E-state index contributed by atoms with van der Waals surface area (Å²) in [7, 11) is 0. The molecule has 0 saturated carbocycles. The van der Waals surface area contributed by atoms with E-state index in [1.807, 2.05) is 18.2 Å². The number of nitrogens with one attached hydrogen (secondary N) is 1. The van der Waals surface area contributed by atoms with Crippen LogP contribution in [0.1, 0.15) is 0 Å². The Morgan fingerprint density at radius 3 is 2.47 bits per heavy atom. The summed E-state index contributed by atoms with van der Waals surface area (Å²) in [5.41, 5.74) is 0.715. The number of allylic oxidation sites excluding steroid dienone is 1. The first kappa shape index (κ1) is 11.6. The number of rotatable bonds is 0. The van der Waals surface area contributed by atoms with Crippen molar-refractivity contribution in [1.29, 1.82) is 10.5 Å². The van der Waals surface area contributed by atoms with Crippen LogP contribution in [0.15, 0.2) is 35.7 Å². The Bertz CT molecular complexity index is 453. The van der Waals surface area contributed by atoms with E-state index >= 15 is 0 Å². The minimum absolute atomic E-state index is 0. The number of hydrogen-bond acceptors (Lipinski definition) is 4. The number of hydrogen-bond donors (Lipinski definition) is 1. The molecule has 0 radical (unpaired) electrons. The maximum atomic E-state index is 8.62. The Kier molecular flexibility index (Phi) is 3.76. The van der Waals surface area contributed by atoms with Crippen LogP contribution in [0.3, 0.4) is 0 Å². The van der Waals surface area contributed by atoms with E-state index in [2.05, 4.69) is 5.32 Å². The number of benzene rings is 1. The van der Waals surface area contributed by atoms with Gasteiger partial charge in [-0.05, 0) is 12.1 Å². The van der Waals surface area contributed by atoms with Crippen LogP contribution in [0.4, 0.5) is 5.69 Å². The molecule has 0 saturated heterocycles. The summed E-state index contributed by atoms with van der Waals surface area (Å²) < 4.78 is 5.27. The molecule has 0 unspecified atom stereocenters.